The second-order valence-corrected chi connectivity index (χ2v) is 7.38. The molecule has 0 aliphatic heterocycles. The third-order valence-corrected chi connectivity index (χ3v) is 5.63. The van der Waals surface area contributed by atoms with Crippen molar-refractivity contribution in [3.8, 4) is 6.07 Å². The summed E-state index contributed by atoms with van der Waals surface area (Å²) >= 11 is 12.1. The molecule has 1 aliphatic rings. The number of hydrogen-bond acceptors (Lipinski definition) is 3. The lowest BCUT2D eigenvalue weighted by Gasteiger charge is -2.14. The van der Waals surface area contributed by atoms with Gasteiger partial charge in [-0.3, -0.25) is 0 Å². The largest absolute Gasteiger partial charge is 0.212 e. The van der Waals surface area contributed by atoms with Gasteiger partial charge in [-0.15, -0.1) is 0 Å². The maximum atomic E-state index is 11.9. The molecule has 0 aromatic heterocycles. The van der Waals surface area contributed by atoms with Crippen LogP contribution in [0.3, 0.4) is 0 Å². The summed E-state index contributed by atoms with van der Waals surface area (Å²) in [5, 5.41) is 9.44. The second kappa shape index (κ2) is 6.31. The average molecular weight is 333 g/mol. The van der Waals surface area contributed by atoms with Crippen molar-refractivity contribution >= 4 is 33.2 Å². The lowest BCUT2D eigenvalue weighted by atomic mass is 10.1. The molecule has 1 aliphatic carbocycles. The van der Waals surface area contributed by atoms with Crippen molar-refractivity contribution in [2.75, 3.05) is 5.75 Å². The van der Waals surface area contributed by atoms with Crippen molar-refractivity contribution in [2.45, 2.75) is 31.7 Å². The summed E-state index contributed by atoms with van der Waals surface area (Å²) < 4.78 is 26.6. The normalized spacial score (nSPS) is 17.8. The Labute approximate surface area is 128 Å². The summed E-state index contributed by atoms with van der Waals surface area (Å²) in [4.78, 5) is 0. The molecule has 1 atom stereocenters. The van der Waals surface area contributed by atoms with Crippen LogP contribution in [0.4, 0.5) is 0 Å². The summed E-state index contributed by atoms with van der Waals surface area (Å²) in [5.74, 6) is -0.0340. The zero-order valence-corrected chi connectivity index (χ0v) is 13.0. The second-order valence-electron chi connectivity index (χ2n) is 4.72. The maximum Gasteiger partial charge on any atom is 0.212 e. The van der Waals surface area contributed by atoms with E-state index >= 15 is 0 Å². The van der Waals surface area contributed by atoms with Crippen molar-refractivity contribution in [3.05, 3.63) is 33.3 Å². The number of unbranched alkanes of at least 4 members (excludes halogenated alkanes) is 1. The van der Waals surface area contributed by atoms with Gasteiger partial charge in [-0.25, -0.2) is 13.1 Å². The quantitative estimate of drug-likeness (QED) is 0.841. The van der Waals surface area contributed by atoms with Crippen LogP contribution in [0, 0.1) is 11.3 Å². The molecule has 0 bridgehead atoms. The minimum atomic E-state index is -3.38. The molecule has 1 aromatic carbocycles. The average Bonchev–Trinajstić information content (AvgIpc) is 2.77. The number of benzene rings is 1. The Bertz CT molecular complexity index is 653. The topological polar surface area (TPSA) is 70.0 Å². The summed E-state index contributed by atoms with van der Waals surface area (Å²) in [6.07, 6.45) is 1.96. The Hall–Kier alpha value is -0.800. The third kappa shape index (κ3) is 3.44. The minimum Gasteiger partial charge on any atom is -0.212 e. The van der Waals surface area contributed by atoms with Gasteiger partial charge < -0.3 is 0 Å². The number of sulfonamides is 1. The molecule has 0 saturated heterocycles. The van der Waals surface area contributed by atoms with Crippen LogP contribution >= 0.6 is 23.2 Å². The molecule has 0 spiro atoms. The van der Waals surface area contributed by atoms with Crippen molar-refractivity contribution in [1.29, 1.82) is 5.26 Å². The first-order valence-electron chi connectivity index (χ1n) is 6.28. The highest BCUT2D eigenvalue weighted by molar-refractivity contribution is 7.89. The van der Waals surface area contributed by atoms with E-state index in [9.17, 15) is 8.42 Å². The highest BCUT2D eigenvalue weighted by Gasteiger charge is 2.28. The van der Waals surface area contributed by atoms with Gasteiger partial charge in [-0.05, 0) is 36.5 Å². The monoisotopic (exact) mass is 332 g/mol. The molecule has 0 heterocycles. The third-order valence-electron chi connectivity index (χ3n) is 3.31. The molecule has 2 rings (SSSR count). The summed E-state index contributed by atoms with van der Waals surface area (Å²) in [7, 11) is -3.38. The molecule has 0 unspecified atom stereocenters. The number of fused-ring (bicyclic) bond motifs is 1. The fraction of sp³-hybridized carbons (Fsp3) is 0.462. The van der Waals surface area contributed by atoms with Crippen LogP contribution in [-0.2, 0) is 16.4 Å². The van der Waals surface area contributed by atoms with Crippen molar-refractivity contribution < 1.29 is 8.42 Å². The molecule has 4 nitrogen and oxygen atoms in total. The highest BCUT2D eigenvalue weighted by Crippen LogP contribution is 2.39. The van der Waals surface area contributed by atoms with Gasteiger partial charge >= 0.3 is 0 Å². The van der Waals surface area contributed by atoms with E-state index in [-0.39, 0.29) is 18.2 Å². The van der Waals surface area contributed by atoms with Crippen LogP contribution in [0.1, 0.15) is 36.4 Å². The molecule has 0 radical (unpaired) electrons. The Morgan fingerprint density at radius 3 is 2.85 bits per heavy atom. The first-order valence-corrected chi connectivity index (χ1v) is 8.69. The van der Waals surface area contributed by atoms with Gasteiger partial charge in [0.25, 0.3) is 0 Å². The molecule has 0 saturated carbocycles. The summed E-state index contributed by atoms with van der Waals surface area (Å²) in [6.45, 7) is 0. The standard InChI is InChI=1S/C13H14Cl2N2O2S/c14-11-5-3-9-10(13(11)15)4-6-12(9)17-20(18,19)8-2-1-7-16/h3,5,12,17H,1-2,4,6,8H2/t12-/m1/s1. The number of nitrogens with zero attached hydrogens (tertiary/aromatic N) is 1. The number of nitriles is 1. The summed E-state index contributed by atoms with van der Waals surface area (Å²) in [6, 6.07) is 5.19. The molecular formula is C13H14Cl2N2O2S. The van der Waals surface area contributed by atoms with Gasteiger partial charge in [0.2, 0.25) is 10.0 Å². The SMILES string of the molecule is N#CCCCS(=O)(=O)N[C@@H]1CCc2c1ccc(Cl)c2Cl. The highest BCUT2D eigenvalue weighted by atomic mass is 35.5. The van der Waals surface area contributed by atoms with E-state index in [4.69, 9.17) is 28.5 Å². The Kier molecular flexibility index (Phi) is 4.92. The van der Waals surface area contributed by atoms with Gasteiger partial charge in [0.15, 0.2) is 0 Å². The molecular weight excluding hydrogens is 319 g/mol. The lowest BCUT2D eigenvalue weighted by Crippen LogP contribution is -2.29. The fourth-order valence-corrected chi connectivity index (χ4v) is 4.14. The Balaban J connectivity index is 2.12. The predicted octanol–water partition coefficient (Wildman–Crippen LogP) is 3.20. The zero-order valence-electron chi connectivity index (χ0n) is 10.7. The first kappa shape index (κ1) is 15.6. The van der Waals surface area contributed by atoms with Crippen LogP contribution < -0.4 is 4.72 Å². The number of hydrogen-bond donors (Lipinski definition) is 1. The zero-order chi connectivity index (χ0) is 14.8. The molecule has 1 aromatic rings. The lowest BCUT2D eigenvalue weighted by molar-refractivity contribution is 0.552. The molecule has 1 N–H and O–H groups in total. The number of rotatable bonds is 5. The molecule has 0 fully saturated rings. The van der Waals surface area contributed by atoms with Crippen LogP contribution in [0.5, 0.6) is 0 Å². The van der Waals surface area contributed by atoms with E-state index in [1.54, 1.807) is 6.07 Å². The first-order chi connectivity index (χ1) is 9.44. The van der Waals surface area contributed by atoms with Crippen molar-refractivity contribution in [2.24, 2.45) is 0 Å². The van der Waals surface area contributed by atoms with E-state index in [0.29, 0.717) is 29.3 Å². The van der Waals surface area contributed by atoms with E-state index < -0.39 is 10.0 Å². The van der Waals surface area contributed by atoms with Crippen molar-refractivity contribution in [3.63, 3.8) is 0 Å². The van der Waals surface area contributed by atoms with E-state index in [1.807, 2.05) is 12.1 Å². The van der Waals surface area contributed by atoms with Gasteiger partial charge in [0.05, 0.1) is 21.9 Å². The molecule has 7 heteroatoms. The fourth-order valence-electron chi connectivity index (χ4n) is 2.37. The molecule has 108 valence electrons. The molecule has 0 amide bonds. The van der Waals surface area contributed by atoms with Gasteiger partial charge in [-0.2, -0.15) is 5.26 Å². The summed E-state index contributed by atoms with van der Waals surface area (Å²) in [5.41, 5.74) is 1.81. The van der Waals surface area contributed by atoms with Crippen LogP contribution in [0.25, 0.3) is 0 Å². The van der Waals surface area contributed by atoms with Crippen molar-refractivity contribution in [1.82, 2.24) is 4.72 Å². The van der Waals surface area contributed by atoms with Crippen LogP contribution in [0.15, 0.2) is 12.1 Å². The van der Waals surface area contributed by atoms with Gasteiger partial charge in [0, 0.05) is 12.5 Å². The van der Waals surface area contributed by atoms with E-state index in [2.05, 4.69) is 4.72 Å². The minimum absolute atomic E-state index is 0.0340. The van der Waals surface area contributed by atoms with E-state index in [1.165, 1.54) is 0 Å². The van der Waals surface area contributed by atoms with E-state index in [0.717, 1.165) is 11.1 Å². The Morgan fingerprint density at radius 1 is 1.40 bits per heavy atom. The van der Waals surface area contributed by atoms with Crippen LogP contribution in [0.2, 0.25) is 10.0 Å². The van der Waals surface area contributed by atoms with Gasteiger partial charge in [0.1, 0.15) is 0 Å². The Morgan fingerprint density at radius 2 is 2.15 bits per heavy atom. The number of halogens is 2. The smallest absolute Gasteiger partial charge is 0.212 e. The maximum absolute atomic E-state index is 11.9. The van der Waals surface area contributed by atoms with Gasteiger partial charge in [-0.1, -0.05) is 29.3 Å². The molecule has 20 heavy (non-hydrogen) atoms. The van der Waals surface area contributed by atoms with Crippen LogP contribution in [-0.4, -0.2) is 14.2 Å². The predicted molar refractivity (Wildman–Crippen MR) is 79.3 cm³/mol. The number of nitrogens with one attached hydrogen (secondary N) is 1.